The number of benzene rings is 2. The SMILES string of the molecule is CCOc1ccc(NC(=O)C2(C(=O)NCCc3ccccc3F)CC2)cc1. The van der Waals surface area contributed by atoms with Gasteiger partial charge in [-0.1, -0.05) is 18.2 Å². The first-order valence-electron chi connectivity index (χ1n) is 9.11. The molecule has 1 aliphatic carbocycles. The quantitative estimate of drug-likeness (QED) is 0.701. The van der Waals surface area contributed by atoms with Crippen LogP contribution in [0.5, 0.6) is 5.75 Å². The van der Waals surface area contributed by atoms with Crippen molar-refractivity contribution in [2.24, 2.45) is 5.41 Å². The van der Waals surface area contributed by atoms with Crippen molar-refractivity contribution < 1.29 is 18.7 Å². The van der Waals surface area contributed by atoms with Gasteiger partial charge in [0, 0.05) is 12.2 Å². The lowest BCUT2D eigenvalue weighted by molar-refractivity contribution is -0.134. The molecule has 3 rings (SSSR count). The number of anilines is 1. The summed E-state index contributed by atoms with van der Waals surface area (Å²) in [5.74, 6) is -0.180. The summed E-state index contributed by atoms with van der Waals surface area (Å²) in [5, 5.41) is 5.56. The Labute approximate surface area is 157 Å². The van der Waals surface area contributed by atoms with Gasteiger partial charge in [-0.25, -0.2) is 4.39 Å². The van der Waals surface area contributed by atoms with E-state index < -0.39 is 5.41 Å². The Bertz CT molecular complexity index is 816. The molecule has 0 spiro atoms. The largest absolute Gasteiger partial charge is 0.494 e. The molecule has 0 atom stereocenters. The number of ether oxygens (including phenoxy) is 1. The second-order valence-electron chi connectivity index (χ2n) is 6.59. The minimum Gasteiger partial charge on any atom is -0.494 e. The highest BCUT2D eigenvalue weighted by Crippen LogP contribution is 2.46. The number of nitrogens with one attached hydrogen (secondary N) is 2. The molecule has 1 saturated carbocycles. The fourth-order valence-electron chi connectivity index (χ4n) is 2.92. The van der Waals surface area contributed by atoms with E-state index in [0.717, 1.165) is 5.75 Å². The third-order valence-corrected chi connectivity index (χ3v) is 4.68. The number of carbonyl (C=O) groups excluding carboxylic acids is 2. The highest BCUT2D eigenvalue weighted by molar-refractivity contribution is 6.13. The van der Waals surface area contributed by atoms with Crippen molar-refractivity contribution in [3.8, 4) is 5.75 Å². The molecule has 2 aromatic carbocycles. The van der Waals surface area contributed by atoms with Crippen LogP contribution in [0, 0.1) is 11.2 Å². The van der Waals surface area contributed by atoms with Crippen LogP contribution in [-0.4, -0.2) is 25.0 Å². The molecule has 5 nitrogen and oxygen atoms in total. The van der Waals surface area contributed by atoms with Crippen molar-refractivity contribution in [3.63, 3.8) is 0 Å². The van der Waals surface area contributed by atoms with E-state index in [1.165, 1.54) is 6.07 Å². The molecule has 1 fully saturated rings. The number of rotatable bonds is 8. The van der Waals surface area contributed by atoms with E-state index in [0.29, 0.717) is 37.1 Å². The standard InChI is InChI=1S/C21H23FN2O3/c1-2-27-17-9-7-16(8-10-17)24-20(26)21(12-13-21)19(25)23-14-11-15-5-3-4-6-18(15)22/h3-10H,2,11-14H2,1H3,(H,23,25)(H,24,26). The van der Waals surface area contributed by atoms with E-state index in [9.17, 15) is 14.0 Å². The van der Waals surface area contributed by atoms with Crippen molar-refractivity contribution in [2.45, 2.75) is 26.2 Å². The lowest BCUT2D eigenvalue weighted by Gasteiger charge is -2.16. The van der Waals surface area contributed by atoms with Gasteiger partial charge in [0.15, 0.2) is 0 Å². The first kappa shape index (κ1) is 18.9. The molecule has 2 N–H and O–H groups in total. The fraction of sp³-hybridized carbons (Fsp3) is 0.333. The summed E-state index contributed by atoms with van der Waals surface area (Å²) >= 11 is 0. The van der Waals surface area contributed by atoms with Crippen LogP contribution in [0.4, 0.5) is 10.1 Å². The van der Waals surface area contributed by atoms with Crippen molar-refractivity contribution in [1.29, 1.82) is 0 Å². The van der Waals surface area contributed by atoms with Gasteiger partial charge >= 0.3 is 0 Å². The van der Waals surface area contributed by atoms with Crippen LogP contribution in [0.15, 0.2) is 48.5 Å². The molecular weight excluding hydrogens is 347 g/mol. The Morgan fingerprint density at radius 3 is 2.41 bits per heavy atom. The Morgan fingerprint density at radius 1 is 1.07 bits per heavy atom. The number of hydrogen-bond donors (Lipinski definition) is 2. The van der Waals surface area contributed by atoms with E-state index in [1.807, 2.05) is 6.92 Å². The van der Waals surface area contributed by atoms with E-state index >= 15 is 0 Å². The Morgan fingerprint density at radius 2 is 1.78 bits per heavy atom. The van der Waals surface area contributed by atoms with Gasteiger partial charge in [-0.05, 0) is 62.1 Å². The molecule has 0 aromatic heterocycles. The minimum absolute atomic E-state index is 0.290. The molecule has 27 heavy (non-hydrogen) atoms. The summed E-state index contributed by atoms with van der Waals surface area (Å²) < 4.78 is 19.0. The van der Waals surface area contributed by atoms with Crippen LogP contribution >= 0.6 is 0 Å². The molecule has 2 amide bonds. The van der Waals surface area contributed by atoms with Gasteiger partial charge in [0.1, 0.15) is 17.0 Å². The van der Waals surface area contributed by atoms with Crippen LogP contribution in [0.3, 0.4) is 0 Å². The monoisotopic (exact) mass is 370 g/mol. The van der Waals surface area contributed by atoms with Gasteiger partial charge in [-0.2, -0.15) is 0 Å². The summed E-state index contributed by atoms with van der Waals surface area (Å²) in [7, 11) is 0. The van der Waals surface area contributed by atoms with E-state index in [1.54, 1.807) is 42.5 Å². The Kier molecular flexibility index (Phi) is 5.74. The van der Waals surface area contributed by atoms with Gasteiger partial charge < -0.3 is 15.4 Å². The zero-order chi connectivity index (χ0) is 19.3. The smallest absolute Gasteiger partial charge is 0.240 e. The first-order valence-corrected chi connectivity index (χ1v) is 9.11. The summed E-state index contributed by atoms with van der Waals surface area (Å²) in [5.41, 5.74) is 0.142. The van der Waals surface area contributed by atoms with Gasteiger partial charge in [-0.15, -0.1) is 0 Å². The predicted molar refractivity (Wildman–Crippen MR) is 101 cm³/mol. The highest BCUT2D eigenvalue weighted by atomic mass is 19.1. The molecule has 0 aliphatic heterocycles. The average molecular weight is 370 g/mol. The zero-order valence-corrected chi connectivity index (χ0v) is 15.3. The third kappa shape index (κ3) is 4.45. The second-order valence-corrected chi connectivity index (χ2v) is 6.59. The van der Waals surface area contributed by atoms with Crippen molar-refractivity contribution in [3.05, 3.63) is 59.9 Å². The number of halogens is 1. The number of hydrogen-bond acceptors (Lipinski definition) is 3. The maximum absolute atomic E-state index is 13.6. The highest BCUT2D eigenvalue weighted by Gasteiger charge is 2.56. The number of amides is 2. The lowest BCUT2D eigenvalue weighted by atomic mass is 10.0. The van der Waals surface area contributed by atoms with E-state index in [2.05, 4.69) is 10.6 Å². The van der Waals surface area contributed by atoms with E-state index in [4.69, 9.17) is 4.74 Å². The lowest BCUT2D eigenvalue weighted by Crippen LogP contribution is -2.40. The molecule has 0 radical (unpaired) electrons. The molecule has 1 aliphatic rings. The first-order chi connectivity index (χ1) is 13.0. The molecule has 0 saturated heterocycles. The summed E-state index contributed by atoms with van der Waals surface area (Å²) in [4.78, 5) is 25.1. The fourth-order valence-corrected chi connectivity index (χ4v) is 2.92. The van der Waals surface area contributed by atoms with Crippen LogP contribution in [0.1, 0.15) is 25.3 Å². The normalized spacial score (nSPS) is 14.3. The Balaban J connectivity index is 1.53. The molecule has 6 heteroatoms. The van der Waals surface area contributed by atoms with Crippen LogP contribution in [-0.2, 0) is 16.0 Å². The van der Waals surface area contributed by atoms with Gasteiger partial charge in [-0.3, -0.25) is 9.59 Å². The Hall–Kier alpha value is -2.89. The molecule has 2 aromatic rings. The zero-order valence-electron chi connectivity index (χ0n) is 15.3. The minimum atomic E-state index is -1.02. The van der Waals surface area contributed by atoms with E-state index in [-0.39, 0.29) is 24.2 Å². The third-order valence-electron chi connectivity index (χ3n) is 4.68. The van der Waals surface area contributed by atoms with Gasteiger partial charge in [0.2, 0.25) is 11.8 Å². The second kappa shape index (κ2) is 8.20. The molecule has 0 bridgehead atoms. The molecule has 0 unspecified atom stereocenters. The summed E-state index contributed by atoms with van der Waals surface area (Å²) in [6.07, 6.45) is 1.41. The topological polar surface area (TPSA) is 67.4 Å². The molecule has 142 valence electrons. The number of carbonyl (C=O) groups is 2. The molecule has 0 heterocycles. The van der Waals surface area contributed by atoms with Crippen molar-refractivity contribution in [1.82, 2.24) is 5.32 Å². The van der Waals surface area contributed by atoms with Crippen LogP contribution in [0.25, 0.3) is 0 Å². The van der Waals surface area contributed by atoms with Gasteiger partial charge in [0.05, 0.1) is 6.61 Å². The molecular formula is C21H23FN2O3. The maximum atomic E-state index is 13.6. The van der Waals surface area contributed by atoms with Crippen molar-refractivity contribution in [2.75, 3.05) is 18.5 Å². The summed E-state index contributed by atoms with van der Waals surface area (Å²) in [6, 6.07) is 13.5. The summed E-state index contributed by atoms with van der Waals surface area (Å²) in [6.45, 7) is 2.76. The van der Waals surface area contributed by atoms with Gasteiger partial charge in [0.25, 0.3) is 0 Å². The maximum Gasteiger partial charge on any atom is 0.240 e. The van der Waals surface area contributed by atoms with Crippen molar-refractivity contribution >= 4 is 17.5 Å². The van der Waals surface area contributed by atoms with Crippen LogP contribution < -0.4 is 15.4 Å². The predicted octanol–water partition coefficient (Wildman–Crippen LogP) is 3.30. The average Bonchev–Trinajstić information content (AvgIpc) is 3.47. The van der Waals surface area contributed by atoms with Crippen LogP contribution in [0.2, 0.25) is 0 Å².